The number of hydrogen-bond acceptors (Lipinski definition) is 6. The number of Topliss-reactive ketones (excluding diaryl/α,β-unsaturated/α-hetero) is 1. The summed E-state index contributed by atoms with van der Waals surface area (Å²) in [4.78, 5) is 10.5. The molecule has 4 atom stereocenters. The van der Waals surface area contributed by atoms with E-state index < -0.39 is 36.8 Å². The van der Waals surface area contributed by atoms with Crippen molar-refractivity contribution in [1.29, 1.82) is 0 Å². The third kappa shape index (κ3) is 4.09. The fraction of sp³-hybridized carbons (Fsp3) is 0.857. The van der Waals surface area contributed by atoms with Crippen LogP contribution in [-0.2, 0) is 4.79 Å². The highest BCUT2D eigenvalue weighted by atomic mass is 16.4. The van der Waals surface area contributed by atoms with Gasteiger partial charge in [0.15, 0.2) is 5.78 Å². The number of rotatable bonds is 5. The number of aliphatic hydroxyl groups excluding tert-OH is 5. The molecule has 0 aliphatic rings. The first-order valence-corrected chi connectivity index (χ1v) is 3.75. The topological polar surface area (TPSA) is 150 Å². The highest BCUT2D eigenvalue weighted by Gasteiger charge is 2.32. The van der Waals surface area contributed by atoms with Crippen molar-refractivity contribution in [3.63, 3.8) is 0 Å². The number of carbonyl (C=O) groups is 1. The lowest BCUT2D eigenvalue weighted by Crippen LogP contribution is -2.48. The van der Waals surface area contributed by atoms with Gasteiger partial charge in [-0.05, 0) is 6.92 Å². The van der Waals surface area contributed by atoms with Gasteiger partial charge in [0, 0.05) is 0 Å². The van der Waals surface area contributed by atoms with Crippen LogP contribution in [0.1, 0.15) is 6.92 Å². The summed E-state index contributed by atoms with van der Waals surface area (Å²) in [5.41, 5.74) is 0. The average molecular weight is 212 g/mol. The molecule has 0 amide bonds. The van der Waals surface area contributed by atoms with Crippen molar-refractivity contribution < 1.29 is 35.8 Å². The molecule has 0 spiro atoms. The Morgan fingerprint density at radius 3 is 1.86 bits per heavy atom. The van der Waals surface area contributed by atoms with Crippen LogP contribution >= 0.6 is 0 Å². The van der Waals surface area contributed by atoms with E-state index >= 15 is 0 Å². The number of carbonyl (C=O) groups excluding carboxylic acids is 1. The van der Waals surface area contributed by atoms with Gasteiger partial charge in [0.05, 0.1) is 6.61 Å². The van der Waals surface area contributed by atoms with Gasteiger partial charge in [-0.15, -0.1) is 0 Å². The molecule has 0 aromatic rings. The van der Waals surface area contributed by atoms with Crippen LogP contribution < -0.4 is 0 Å². The maximum absolute atomic E-state index is 10.5. The second kappa shape index (κ2) is 6.82. The Labute approximate surface area is 80.5 Å². The minimum absolute atomic E-state index is 0. The van der Waals surface area contributed by atoms with E-state index in [1.54, 1.807) is 0 Å². The lowest BCUT2D eigenvalue weighted by molar-refractivity contribution is -0.145. The Morgan fingerprint density at radius 2 is 1.57 bits per heavy atom. The molecule has 0 fully saturated rings. The van der Waals surface area contributed by atoms with E-state index in [0.29, 0.717) is 0 Å². The van der Waals surface area contributed by atoms with Crippen LogP contribution in [0.5, 0.6) is 0 Å². The molecule has 0 aliphatic heterocycles. The van der Waals surface area contributed by atoms with Crippen molar-refractivity contribution in [3.05, 3.63) is 0 Å². The number of ketones is 1. The normalized spacial score (nSPS) is 19.0. The van der Waals surface area contributed by atoms with Crippen molar-refractivity contribution in [2.45, 2.75) is 31.3 Å². The molecule has 7 nitrogen and oxygen atoms in total. The van der Waals surface area contributed by atoms with Crippen LogP contribution in [0.25, 0.3) is 0 Å². The Bertz CT molecular complexity index is 171. The summed E-state index contributed by atoms with van der Waals surface area (Å²) in [5.74, 6) is -0.725. The van der Waals surface area contributed by atoms with Gasteiger partial charge in [-0.25, -0.2) is 0 Å². The summed E-state index contributed by atoms with van der Waals surface area (Å²) in [6, 6.07) is 0. The summed E-state index contributed by atoms with van der Waals surface area (Å²) in [6.45, 7) is 0.273. The lowest BCUT2D eigenvalue weighted by atomic mass is 10.0. The van der Waals surface area contributed by atoms with E-state index in [-0.39, 0.29) is 5.48 Å². The Hall–Kier alpha value is -0.570. The van der Waals surface area contributed by atoms with Crippen molar-refractivity contribution in [1.82, 2.24) is 0 Å². The molecule has 0 bridgehead atoms. The molecular weight excluding hydrogens is 196 g/mol. The molecule has 0 aliphatic carbocycles. The van der Waals surface area contributed by atoms with E-state index in [0.717, 1.165) is 6.92 Å². The molecule has 4 unspecified atom stereocenters. The summed E-state index contributed by atoms with van der Waals surface area (Å²) in [6.07, 6.45) is -6.87. The zero-order chi connectivity index (χ0) is 10.6. The molecule has 0 aromatic carbocycles. The van der Waals surface area contributed by atoms with Gasteiger partial charge in [0.1, 0.15) is 24.4 Å². The maximum atomic E-state index is 10.5. The molecule has 0 rings (SSSR count). The van der Waals surface area contributed by atoms with E-state index in [1.807, 2.05) is 0 Å². The monoisotopic (exact) mass is 212 g/mol. The standard InChI is InChI=1S/C7H14O6.H2O/c1-3(9)5(11)7(13)6(12)4(10)2-8;/h4-8,10-13H,2H2,1H3;1H2. The Balaban J connectivity index is 0. The predicted octanol–water partition coefficient (Wildman–Crippen LogP) is -3.81. The summed E-state index contributed by atoms with van der Waals surface area (Å²) >= 11 is 0. The van der Waals surface area contributed by atoms with Crippen LogP contribution in [0.2, 0.25) is 0 Å². The van der Waals surface area contributed by atoms with Gasteiger partial charge in [0.25, 0.3) is 0 Å². The molecule has 0 saturated carbocycles. The molecule has 0 radical (unpaired) electrons. The van der Waals surface area contributed by atoms with Gasteiger partial charge in [-0.2, -0.15) is 0 Å². The highest BCUT2D eigenvalue weighted by molar-refractivity contribution is 5.80. The second-order valence-corrected chi connectivity index (χ2v) is 2.79. The largest absolute Gasteiger partial charge is 0.412 e. The predicted molar refractivity (Wildman–Crippen MR) is 45.4 cm³/mol. The van der Waals surface area contributed by atoms with Crippen LogP contribution in [0, 0.1) is 0 Å². The van der Waals surface area contributed by atoms with Crippen molar-refractivity contribution in [2.24, 2.45) is 0 Å². The minimum atomic E-state index is -1.79. The third-order valence-corrected chi connectivity index (χ3v) is 1.67. The quantitative estimate of drug-likeness (QED) is 0.315. The highest BCUT2D eigenvalue weighted by Crippen LogP contribution is 2.05. The summed E-state index contributed by atoms with van der Waals surface area (Å²) < 4.78 is 0. The zero-order valence-electron chi connectivity index (χ0n) is 7.66. The smallest absolute Gasteiger partial charge is 0.160 e. The molecule has 86 valence electrons. The second-order valence-electron chi connectivity index (χ2n) is 2.79. The zero-order valence-corrected chi connectivity index (χ0v) is 7.66. The van der Waals surface area contributed by atoms with E-state index in [1.165, 1.54) is 0 Å². The fourth-order valence-electron chi connectivity index (χ4n) is 0.763. The van der Waals surface area contributed by atoms with Gasteiger partial charge in [0.2, 0.25) is 0 Å². The van der Waals surface area contributed by atoms with Crippen molar-refractivity contribution in [2.75, 3.05) is 6.61 Å². The fourth-order valence-corrected chi connectivity index (χ4v) is 0.763. The summed E-state index contributed by atoms with van der Waals surface area (Å²) in [5, 5.41) is 44.3. The Kier molecular flexibility index (Phi) is 7.74. The van der Waals surface area contributed by atoms with Crippen molar-refractivity contribution >= 4 is 5.78 Å². The van der Waals surface area contributed by atoms with Gasteiger partial charge < -0.3 is 31.0 Å². The van der Waals surface area contributed by atoms with E-state index in [4.69, 9.17) is 25.5 Å². The van der Waals surface area contributed by atoms with Crippen LogP contribution in [0.15, 0.2) is 0 Å². The molecule has 0 heterocycles. The first-order valence-electron chi connectivity index (χ1n) is 3.75. The molecule has 0 saturated heterocycles. The van der Waals surface area contributed by atoms with Gasteiger partial charge in [-0.3, -0.25) is 4.79 Å². The molecule has 0 aromatic heterocycles. The van der Waals surface area contributed by atoms with E-state index in [9.17, 15) is 4.79 Å². The van der Waals surface area contributed by atoms with Crippen LogP contribution in [0.4, 0.5) is 0 Å². The summed E-state index contributed by atoms with van der Waals surface area (Å²) in [7, 11) is 0. The first-order chi connectivity index (χ1) is 5.91. The molecular formula is C7H16O7. The first kappa shape index (κ1) is 15.9. The Morgan fingerprint density at radius 1 is 1.14 bits per heavy atom. The van der Waals surface area contributed by atoms with E-state index in [2.05, 4.69) is 0 Å². The minimum Gasteiger partial charge on any atom is -0.412 e. The van der Waals surface area contributed by atoms with Crippen molar-refractivity contribution in [3.8, 4) is 0 Å². The lowest BCUT2D eigenvalue weighted by Gasteiger charge is -2.23. The SMILES string of the molecule is CC(=O)C(O)C(O)C(O)C(O)CO.O. The maximum Gasteiger partial charge on any atom is 0.160 e. The van der Waals surface area contributed by atoms with Crippen LogP contribution in [0.3, 0.4) is 0 Å². The van der Waals surface area contributed by atoms with Gasteiger partial charge >= 0.3 is 0 Å². The third-order valence-electron chi connectivity index (χ3n) is 1.67. The molecule has 7 N–H and O–H groups in total. The molecule has 14 heavy (non-hydrogen) atoms. The number of hydrogen-bond donors (Lipinski definition) is 5. The number of aliphatic hydroxyl groups is 5. The van der Waals surface area contributed by atoms with Crippen LogP contribution in [-0.4, -0.2) is 67.8 Å². The van der Waals surface area contributed by atoms with Gasteiger partial charge in [-0.1, -0.05) is 0 Å². The molecule has 7 heteroatoms. The average Bonchev–Trinajstić information content (AvgIpc) is 2.12.